The Kier molecular flexibility index (Phi) is 3.08. The quantitative estimate of drug-likeness (QED) is 0.775. The van der Waals surface area contributed by atoms with Crippen molar-refractivity contribution in [2.45, 2.75) is 20.1 Å². The molecule has 3 nitrogen and oxygen atoms in total. The van der Waals surface area contributed by atoms with Crippen molar-refractivity contribution >= 4 is 15.9 Å². The summed E-state index contributed by atoms with van der Waals surface area (Å²) in [6.07, 6.45) is 2.84. The molecule has 0 bridgehead atoms. The van der Waals surface area contributed by atoms with Gasteiger partial charge in [0.2, 0.25) is 0 Å². The van der Waals surface area contributed by atoms with Crippen molar-refractivity contribution in [3.05, 3.63) is 16.6 Å². The molecule has 0 aliphatic rings. The third kappa shape index (κ3) is 2.04. The Hall–Kier alpha value is -0.350. The van der Waals surface area contributed by atoms with Crippen molar-refractivity contribution in [2.24, 2.45) is 0 Å². The van der Waals surface area contributed by atoms with Crippen LogP contribution in [0, 0.1) is 0 Å². The SMILES string of the molecule is CCc1nc(Br)cn1COC. The summed E-state index contributed by atoms with van der Waals surface area (Å²) in [4.78, 5) is 4.25. The second kappa shape index (κ2) is 3.88. The Labute approximate surface area is 74.5 Å². The van der Waals surface area contributed by atoms with E-state index in [2.05, 4.69) is 27.8 Å². The molecule has 1 aromatic heterocycles. The van der Waals surface area contributed by atoms with Gasteiger partial charge in [-0.1, -0.05) is 6.92 Å². The van der Waals surface area contributed by atoms with E-state index in [1.165, 1.54) is 0 Å². The van der Waals surface area contributed by atoms with E-state index in [9.17, 15) is 0 Å². The molecule has 0 atom stereocenters. The molecule has 0 saturated carbocycles. The van der Waals surface area contributed by atoms with Crippen LogP contribution in [0.2, 0.25) is 0 Å². The van der Waals surface area contributed by atoms with Crippen LogP contribution in [-0.2, 0) is 17.9 Å². The second-order valence-corrected chi connectivity index (χ2v) is 3.03. The molecule has 0 aromatic carbocycles. The van der Waals surface area contributed by atoms with E-state index < -0.39 is 0 Å². The lowest BCUT2D eigenvalue weighted by molar-refractivity contribution is 0.128. The minimum atomic E-state index is 0.571. The average molecular weight is 219 g/mol. The molecule has 0 N–H and O–H groups in total. The summed E-state index contributed by atoms with van der Waals surface area (Å²) in [7, 11) is 1.67. The number of imidazole rings is 1. The van der Waals surface area contributed by atoms with Gasteiger partial charge >= 0.3 is 0 Å². The Balaban J connectivity index is 2.83. The number of nitrogens with zero attached hydrogens (tertiary/aromatic N) is 2. The maximum absolute atomic E-state index is 4.99. The number of aryl methyl sites for hydroxylation is 1. The summed E-state index contributed by atoms with van der Waals surface area (Å²) < 4.78 is 7.83. The third-order valence-electron chi connectivity index (χ3n) is 1.41. The van der Waals surface area contributed by atoms with Gasteiger partial charge in [0.25, 0.3) is 0 Å². The van der Waals surface area contributed by atoms with Crippen molar-refractivity contribution in [2.75, 3.05) is 7.11 Å². The summed E-state index contributed by atoms with van der Waals surface area (Å²) in [6, 6.07) is 0. The molecule has 0 radical (unpaired) electrons. The number of halogens is 1. The fraction of sp³-hybridized carbons (Fsp3) is 0.571. The lowest BCUT2D eigenvalue weighted by atomic mass is 10.5. The molecule has 62 valence electrons. The van der Waals surface area contributed by atoms with E-state index in [1.54, 1.807) is 7.11 Å². The van der Waals surface area contributed by atoms with Crippen molar-refractivity contribution in [3.8, 4) is 0 Å². The largest absolute Gasteiger partial charge is 0.364 e. The molecular formula is C7H11BrN2O. The highest BCUT2D eigenvalue weighted by Gasteiger charge is 2.02. The molecule has 11 heavy (non-hydrogen) atoms. The number of hydrogen-bond acceptors (Lipinski definition) is 2. The summed E-state index contributed by atoms with van der Waals surface area (Å²) in [5, 5.41) is 0. The molecule has 0 fully saturated rings. The van der Waals surface area contributed by atoms with Crippen LogP contribution < -0.4 is 0 Å². The second-order valence-electron chi connectivity index (χ2n) is 2.22. The Morgan fingerprint density at radius 3 is 3.00 bits per heavy atom. The van der Waals surface area contributed by atoms with Gasteiger partial charge in [0.05, 0.1) is 0 Å². The lowest BCUT2D eigenvalue weighted by Gasteiger charge is -2.02. The molecule has 0 amide bonds. The predicted octanol–water partition coefficient (Wildman–Crippen LogP) is 1.81. The molecule has 1 rings (SSSR count). The van der Waals surface area contributed by atoms with E-state index in [-0.39, 0.29) is 0 Å². The van der Waals surface area contributed by atoms with Crippen molar-refractivity contribution in [1.82, 2.24) is 9.55 Å². The topological polar surface area (TPSA) is 27.1 Å². The highest BCUT2D eigenvalue weighted by Crippen LogP contribution is 2.09. The highest BCUT2D eigenvalue weighted by atomic mass is 79.9. The zero-order valence-corrected chi connectivity index (χ0v) is 8.26. The predicted molar refractivity (Wildman–Crippen MR) is 46.3 cm³/mol. The summed E-state index contributed by atoms with van der Waals surface area (Å²) >= 11 is 3.31. The van der Waals surface area contributed by atoms with Crippen LogP contribution >= 0.6 is 15.9 Å². The molecular weight excluding hydrogens is 208 g/mol. The summed E-state index contributed by atoms with van der Waals surface area (Å²) in [6.45, 7) is 2.64. The highest BCUT2D eigenvalue weighted by molar-refractivity contribution is 9.10. The minimum absolute atomic E-state index is 0.571. The van der Waals surface area contributed by atoms with Crippen LogP contribution in [0.3, 0.4) is 0 Å². The van der Waals surface area contributed by atoms with Gasteiger partial charge in [-0.15, -0.1) is 0 Å². The number of aromatic nitrogens is 2. The summed E-state index contributed by atoms with van der Waals surface area (Å²) in [5.74, 6) is 1.04. The minimum Gasteiger partial charge on any atom is -0.364 e. The van der Waals surface area contributed by atoms with Crippen molar-refractivity contribution in [3.63, 3.8) is 0 Å². The molecule has 0 aliphatic heterocycles. The van der Waals surface area contributed by atoms with E-state index in [1.807, 2.05) is 10.8 Å². The van der Waals surface area contributed by atoms with Crippen molar-refractivity contribution < 1.29 is 4.74 Å². The van der Waals surface area contributed by atoms with Crippen LogP contribution in [0.25, 0.3) is 0 Å². The normalized spacial score (nSPS) is 10.5. The van der Waals surface area contributed by atoms with Gasteiger partial charge in [-0.05, 0) is 15.9 Å². The third-order valence-corrected chi connectivity index (χ3v) is 1.80. The molecule has 0 aliphatic carbocycles. The van der Waals surface area contributed by atoms with E-state index in [0.29, 0.717) is 6.73 Å². The zero-order chi connectivity index (χ0) is 8.27. The Bertz CT molecular complexity index is 234. The summed E-state index contributed by atoms with van der Waals surface area (Å²) in [5.41, 5.74) is 0. The van der Waals surface area contributed by atoms with Gasteiger partial charge in [0.15, 0.2) is 0 Å². The Morgan fingerprint density at radius 1 is 1.73 bits per heavy atom. The maximum Gasteiger partial charge on any atom is 0.124 e. The first-order valence-electron chi connectivity index (χ1n) is 3.48. The van der Waals surface area contributed by atoms with E-state index in [4.69, 9.17) is 4.74 Å². The molecule has 0 saturated heterocycles. The van der Waals surface area contributed by atoms with E-state index in [0.717, 1.165) is 16.8 Å². The van der Waals surface area contributed by atoms with Gasteiger partial charge < -0.3 is 9.30 Å². The van der Waals surface area contributed by atoms with Crippen LogP contribution in [0.5, 0.6) is 0 Å². The van der Waals surface area contributed by atoms with Gasteiger partial charge in [-0.2, -0.15) is 0 Å². The molecule has 0 spiro atoms. The van der Waals surface area contributed by atoms with Gasteiger partial charge in [0, 0.05) is 19.7 Å². The molecule has 1 aromatic rings. The zero-order valence-electron chi connectivity index (χ0n) is 6.67. The van der Waals surface area contributed by atoms with Crippen molar-refractivity contribution in [1.29, 1.82) is 0 Å². The van der Waals surface area contributed by atoms with Gasteiger partial charge in [-0.25, -0.2) is 4.98 Å². The van der Waals surface area contributed by atoms with Crippen LogP contribution in [-0.4, -0.2) is 16.7 Å². The first-order valence-corrected chi connectivity index (χ1v) is 4.27. The van der Waals surface area contributed by atoms with Crippen LogP contribution in [0.4, 0.5) is 0 Å². The molecule has 4 heteroatoms. The fourth-order valence-electron chi connectivity index (χ4n) is 0.952. The first-order chi connectivity index (χ1) is 5.27. The van der Waals surface area contributed by atoms with E-state index >= 15 is 0 Å². The average Bonchev–Trinajstić information content (AvgIpc) is 2.32. The number of ether oxygens (including phenoxy) is 1. The maximum atomic E-state index is 4.99. The molecule has 0 unspecified atom stereocenters. The van der Waals surface area contributed by atoms with Crippen LogP contribution in [0.15, 0.2) is 10.8 Å². The number of rotatable bonds is 3. The van der Waals surface area contributed by atoms with Gasteiger partial charge in [0.1, 0.15) is 17.2 Å². The van der Waals surface area contributed by atoms with Crippen LogP contribution in [0.1, 0.15) is 12.7 Å². The first kappa shape index (κ1) is 8.74. The standard InChI is InChI=1S/C7H11BrN2O/c1-3-7-9-6(8)4-10(7)5-11-2/h4H,3,5H2,1-2H3. The number of methoxy groups -OCH3 is 1. The molecule has 1 heterocycles. The Morgan fingerprint density at radius 2 is 2.45 bits per heavy atom. The smallest absolute Gasteiger partial charge is 0.124 e. The fourth-order valence-corrected chi connectivity index (χ4v) is 1.40. The number of hydrogen-bond donors (Lipinski definition) is 0. The lowest BCUT2D eigenvalue weighted by Crippen LogP contribution is -2.02. The monoisotopic (exact) mass is 218 g/mol. The van der Waals surface area contributed by atoms with Gasteiger partial charge in [-0.3, -0.25) is 0 Å².